The number of hydrogen-bond donors (Lipinski definition) is 0. The molecular formula is C6H2BrF2IN2O2. The summed E-state index contributed by atoms with van der Waals surface area (Å²) in [5.74, 6) is 0. The first-order chi connectivity index (χ1) is 6.43. The minimum absolute atomic E-state index is 0.0764. The average Bonchev–Trinajstić information content (AvgIpc) is 2.07. The molecule has 0 saturated carbocycles. The third kappa shape index (κ3) is 2.35. The van der Waals surface area contributed by atoms with Gasteiger partial charge in [-0.15, -0.1) is 0 Å². The third-order valence-corrected chi connectivity index (χ3v) is 2.79. The summed E-state index contributed by atoms with van der Waals surface area (Å²) in [4.78, 5) is 13.1. The molecule has 4 nitrogen and oxygen atoms in total. The van der Waals surface area contributed by atoms with Gasteiger partial charge in [0.25, 0.3) is 6.43 Å². The van der Waals surface area contributed by atoms with Crippen LogP contribution in [0.4, 0.5) is 14.5 Å². The van der Waals surface area contributed by atoms with E-state index in [1.807, 2.05) is 0 Å². The third-order valence-electron chi connectivity index (χ3n) is 1.34. The van der Waals surface area contributed by atoms with Gasteiger partial charge in [0.2, 0.25) is 0 Å². The van der Waals surface area contributed by atoms with Gasteiger partial charge in [0.1, 0.15) is 5.69 Å². The molecule has 0 aliphatic rings. The SMILES string of the molecule is O=[N+]([O-])c1cc(I)c(C(F)F)nc1Br. The molecule has 0 bridgehead atoms. The van der Waals surface area contributed by atoms with Gasteiger partial charge < -0.3 is 0 Å². The molecule has 0 aliphatic carbocycles. The predicted octanol–water partition coefficient (Wildman–Crippen LogP) is 3.29. The highest BCUT2D eigenvalue weighted by atomic mass is 127. The van der Waals surface area contributed by atoms with Gasteiger partial charge in [-0.25, -0.2) is 13.8 Å². The zero-order valence-electron chi connectivity index (χ0n) is 6.38. The van der Waals surface area contributed by atoms with Crippen LogP contribution in [-0.4, -0.2) is 9.91 Å². The van der Waals surface area contributed by atoms with Crippen LogP contribution in [0.3, 0.4) is 0 Å². The van der Waals surface area contributed by atoms with E-state index in [0.29, 0.717) is 0 Å². The van der Waals surface area contributed by atoms with Crippen LogP contribution in [0.2, 0.25) is 0 Å². The van der Waals surface area contributed by atoms with Crippen molar-refractivity contribution in [3.8, 4) is 0 Å². The zero-order valence-corrected chi connectivity index (χ0v) is 10.1. The normalized spacial score (nSPS) is 10.6. The minimum Gasteiger partial charge on any atom is -0.258 e. The molecule has 1 aromatic rings. The van der Waals surface area contributed by atoms with Crippen LogP contribution in [0, 0.1) is 13.7 Å². The maximum Gasteiger partial charge on any atom is 0.303 e. The Bertz CT molecular complexity index is 388. The van der Waals surface area contributed by atoms with Crippen molar-refractivity contribution < 1.29 is 13.7 Å². The number of alkyl halides is 2. The van der Waals surface area contributed by atoms with Gasteiger partial charge in [-0.05, 0) is 38.5 Å². The Labute approximate surface area is 99.1 Å². The zero-order chi connectivity index (χ0) is 10.9. The smallest absolute Gasteiger partial charge is 0.258 e. The Morgan fingerprint density at radius 2 is 2.21 bits per heavy atom. The number of nitro groups is 1. The van der Waals surface area contributed by atoms with Gasteiger partial charge >= 0.3 is 5.69 Å². The molecule has 14 heavy (non-hydrogen) atoms. The van der Waals surface area contributed by atoms with Crippen molar-refractivity contribution in [2.75, 3.05) is 0 Å². The maximum absolute atomic E-state index is 12.3. The Balaban J connectivity index is 3.31. The van der Waals surface area contributed by atoms with Crippen LogP contribution >= 0.6 is 38.5 Å². The first-order valence-electron chi connectivity index (χ1n) is 3.22. The standard InChI is InChI=1S/C6H2BrF2IN2O2/c7-5-3(12(13)14)1-2(10)4(11-5)6(8)9/h1,6H. The van der Waals surface area contributed by atoms with Crippen LogP contribution in [-0.2, 0) is 0 Å². The van der Waals surface area contributed by atoms with Gasteiger partial charge in [0.15, 0.2) is 4.60 Å². The lowest BCUT2D eigenvalue weighted by atomic mass is 10.3. The molecule has 1 heterocycles. The van der Waals surface area contributed by atoms with Gasteiger partial charge in [-0.1, -0.05) is 0 Å². The van der Waals surface area contributed by atoms with Crippen molar-refractivity contribution in [3.63, 3.8) is 0 Å². The molecule has 0 aromatic carbocycles. The van der Waals surface area contributed by atoms with Crippen molar-refractivity contribution in [2.45, 2.75) is 6.43 Å². The van der Waals surface area contributed by atoms with Gasteiger partial charge in [-0.3, -0.25) is 10.1 Å². The Hall–Kier alpha value is -0.380. The van der Waals surface area contributed by atoms with Crippen molar-refractivity contribution in [2.24, 2.45) is 0 Å². The highest BCUT2D eigenvalue weighted by Gasteiger charge is 2.21. The van der Waals surface area contributed by atoms with E-state index in [1.165, 1.54) is 0 Å². The van der Waals surface area contributed by atoms with Crippen LogP contribution in [0.1, 0.15) is 12.1 Å². The second-order valence-corrected chi connectivity index (χ2v) is 4.14. The van der Waals surface area contributed by atoms with Crippen molar-refractivity contribution in [1.82, 2.24) is 4.98 Å². The summed E-state index contributed by atoms with van der Waals surface area (Å²) in [6.07, 6.45) is -2.74. The molecule has 76 valence electrons. The Morgan fingerprint density at radius 3 is 2.64 bits per heavy atom. The fraction of sp³-hybridized carbons (Fsp3) is 0.167. The average molecular weight is 379 g/mol. The van der Waals surface area contributed by atoms with Gasteiger partial charge in [0.05, 0.1) is 4.92 Å². The molecule has 0 atom stereocenters. The summed E-state index contributed by atoms with van der Waals surface area (Å²) in [7, 11) is 0. The minimum atomic E-state index is -2.74. The molecule has 1 aromatic heterocycles. The summed E-state index contributed by atoms with van der Waals surface area (Å²) in [6, 6.07) is 1.05. The van der Waals surface area contributed by atoms with E-state index in [-0.39, 0.29) is 13.9 Å². The molecule has 0 unspecified atom stereocenters. The van der Waals surface area contributed by atoms with Crippen LogP contribution < -0.4 is 0 Å². The number of nitrogens with zero attached hydrogens (tertiary/aromatic N) is 2. The fourth-order valence-electron chi connectivity index (χ4n) is 0.751. The van der Waals surface area contributed by atoms with Crippen LogP contribution in [0.25, 0.3) is 0 Å². The van der Waals surface area contributed by atoms with E-state index < -0.39 is 17.0 Å². The molecule has 0 N–H and O–H groups in total. The first kappa shape index (κ1) is 11.7. The number of rotatable bonds is 2. The molecule has 0 aliphatic heterocycles. The molecule has 0 radical (unpaired) electrons. The fourth-order valence-corrected chi connectivity index (χ4v) is 1.85. The second-order valence-electron chi connectivity index (χ2n) is 2.22. The Kier molecular flexibility index (Phi) is 3.70. The van der Waals surface area contributed by atoms with Crippen molar-refractivity contribution in [3.05, 3.63) is 30.0 Å². The van der Waals surface area contributed by atoms with Crippen molar-refractivity contribution in [1.29, 1.82) is 0 Å². The molecule has 0 saturated heterocycles. The molecule has 1 rings (SSSR count). The number of aromatic nitrogens is 1. The number of halogens is 4. The van der Waals surface area contributed by atoms with E-state index in [1.54, 1.807) is 22.6 Å². The lowest BCUT2D eigenvalue weighted by molar-refractivity contribution is -0.386. The van der Waals surface area contributed by atoms with E-state index in [4.69, 9.17) is 0 Å². The lowest BCUT2D eigenvalue weighted by Crippen LogP contribution is -1.99. The molecular weight excluding hydrogens is 377 g/mol. The topological polar surface area (TPSA) is 56.0 Å². The Morgan fingerprint density at radius 1 is 1.64 bits per heavy atom. The molecule has 0 fully saturated rings. The maximum atomic E-state index is 12.3. The summed E-state index contributed by atoms with van der Waals surface area (Å²) >= 11 is 4.34. The van der Waals surface area contributed by atoms with Crippen LogP contribution in [0.5, 0.6) is 0 Å². The van der Waals surface area contributed by atoms with Gasteiger partial charge in [-0.2, -0.15) is 0 Å². The monoisotopic (exact) mass is 378 g/mol. The predicted molar refractivity (Wildman–Crippen MR) is 56.3 cm³/mol. The highest BCUT2D eigenvalue weighted by Crippen LogP contribution is 2.30. The van der Waals surface area contributed by atoms with E-state index >= 15 is 0 Å². The van der Waals surface area contributed by atoms with Crippen LogP contribution in [0.15, 0.2) is 10.7 Å². The van der Waals surface area contributed by atoms with Gasteiger partial charge in [0, 0.05) is 9.64 Å². The largest absolute Gasteiger partial charge is 0.303 e. The molecule has 0 amide bonds. The number of pyridine rings is 1. The van der Waals surface area contributed by atoms with Crippen molar-refractivity contribution >= 4 is 44.2 Å². The lowest BCUT2D eigenvalue weighted by Gasteiger charge is -2.02. The summed E-state index contributed by atoms with van der Waals surface area (Å²) in [5, 5.41) is 10.4. The highest BCUT2D eigenvalue weighted by molar-refractivity contribution is 14.1. The molecule has 8 heteroatoms. The van der Waals surface area contributed by atoms with E-state index in [2.05, 4.69) is 20.9 Å². The summed E-state index contributed by atoms with van der Waals surface area (Å²) < 4.78 is 24.5. The quantitative estimate of drug-likeness (QED) is 0.343. The molecule has 0 spiro atoms. The summed E-state index contributed by atoms with van der Waals surface area (Å²) in [5.41, 5.74) is -0.776. The number of hydrogen-bond acceptors (Lipinski definition) is 3. The summed E-state index contributed by atoms with van der Waals surface area (Å²) in [6.45, 7) is 0. The van der Waals surface area contributed by atoms with E-state index in [9.17, 15) is 18.9 Å². The first-order valence-corrected chi connectivity index (χ1v) is 5.09. The second kappa shape index (κ2) is 4.43. The van der Waals surface area contributed by atoms with E-state index in [0.717, 1.165) is 6.07 Å².